The van der Waals surface area contributed by atoms with Gasteiger partial charge in [-0.2, -0.15) is 0 Å². The highest BCUT2D eigenvalue weighted by Gasteiger charge is 2.21. The van der Waals surface area contributed by atoms with Gasteiger partial charge in [-0.25, -0.2) is 0 Å². The van der Waals surface area contributed by atoms with E-state index in [0.717, 1.165) is 19.3 Å². The standard InChI is InChI=1S/C16H21ClN2O2/c1-9-13(16(21)19-11(3)14(9)17)15(20)18-10(2)12-7-5-4-6-8-12/h7,10H,4-6,8H2,1-3H3,(H,18,20)(H,19,21)/t10-/m0/s1. The molecule has 2 N–H and O–H groups in total. The van der Waals surface area contributed by atoms with E-state index in [-0.39, 0.29) is 17.5 Å². The van der Waals surface area contributed by atoms with E-state index in [0.29, 0.717) is 16.3 Å². The van der Waals surface area contributed by atoms with Crippen LogP contribution in [0.1, 0.15) is 54.2 Å². The first-order chi connectivity index (χ1) is 9.91. The van der Waals surface area contributed by atoms with E-state index in [4.69, 9.17) is 11.6 Å². The number of aryl methyl sites for hydroxylation is 1. The van der Waals surface area contributed by atoms with E-state index in [1.807, 2.05) is 6.92 Å². The Morgan fingerprint density at radius 3 is 2.71 bits per heavy atom. The number of hydrogen-bond donors (Lipinski definition) is 2. The Bertz CT molecular complexity index is 646. The average molecular weight is 309 g/mol. The molecule has 0 radical (unpaired) electrons. The Morgan fingerprint density at radius 1 is 1.38 bits per heavy atom. The molecule has 0 bridgehead atoms. The van der Waals surface area contributed by atoms with Crippen LogP contribution in [0.4, 0.5) is 0 Å². The Hall–Kier alpha value is -1.55. The van der Waals surface area contributed by atoms with Gasteiger partial charge in [0.05, 0.1) is 5.02 Å². The van der Waals surface area contributed by atoms with Crippen LogP contribution in [0.3, 0.4) is 0 Å². The highest BCUT2D eigenvalue weighted by Crippen LogP contribution is 2.21. The number of rotatable bonds is 3. The third-order valence-electron chi connectivity index (χ3n) is 4.02. The molecule has 1 aliphatic rings. The fourth-order valence-corrected chi connectivity index (χ4v) is 2.88. The molecular weight excluding hydrogens is 288 g/mol. The molecule has 1 atom stereocenters. The van der Waals surface area contributed by atoms with Gasteiger partial charge in [0, 0.05) is 11.7 Å². The van der Waals surface area contributed by atoms with Crippen LogP contribution in [0.2, 0.25) is 5.02 Å². The Labute approximate surface area is 129 Å². The van der Waals surface area contributed by atoms with Gasteiger partial charge in [0.1, 0.15) is 5.56 Å². The maximum atomic E-state index is 12.4. The van der Waals surface area contributed by atoms with Gasteiger partial charge in [-0.15, -0.1) is 0 Å². The lowest BCUT2D eigenvalue weighted by atomic mass is 9.94. The SMILES string of the molecule is Cc1[nH]c(=O)c(C(=O)N[C@@H](C)C2=CCCCC2)c(C)c1Cl. The van der Waals surface area contributed by atoms with E-state index in [1.54, 1.807) is 13.8 Å². The molecule has 4 nitrogen and oxygen atoms in total. The van der Waals surface area contributed by atoms with Crippen molar-refractivity contribution in [3.63, 3.8) is 0 Å². The van der Waals surface area contributed by atoms with Crippen molar-refractivity contribution in [3.05, 3.63) is 43.8 Å². The van der Waals surface area contributed by atoms with Crippen molar-refractivity contribution in [2.75, 3.05) is 0 Å². The minimum atomic E-state index is -0.392. The molecule has 0 saturated carbocycles. The number of hydrogen-bond acceptors (Lipinski definition) is 2. The number of pyridine rings is 1. The molecule has 0 unspecified atom stereocenters. The molecule has 5 heteroatoms. The highest BCUT2D eigenvalue weighted by molar-refractivity contribution is 6.32. The molecule has 1 aromatic rings. The van der Waals surface area contributed by atoms with Crippen LogP contribution in [0, 0.1) is 13.8 Å². The molecule has 0 aliphatic heterocycles. The van der Waals surface area contributed by atoms with Crippen molar-refractivity contribution in [2.24, 2.45) is 0 Å². The third kappa shape index (κ3) is 3.38. The number of carbonyl (C=O) groups excluding carboxylic acids is 1. The second-order valence-electron chi connectivity index (χ2n) is 5.61. The normalized spacial score (nSPS) is 16.3. The van der Waals surface area contributed by atoms with Crippen molar-refractivity contribution in [2.45, 2.75) is 52.5 Å². The summed E-state index contributed by atoms with van der Waals surface area (Å²) in [4.78, 5) is 27.0. The summed E-state index contributed by atoms with van der Waals surface area (Å²) in [6.07, 6.45) is 6.61. The second-order valence-corrected chi connectivity index (χ2v) is 5.99. The zero-order valence-electron chi connectivity index (χ0n) is 12.7. The van der Waals surface area contributed by atoms with E-state index >= 15 is 0 Å². The monoisotopic (exact) mass is 308 g/mol. The first-order valence-electron chi connectivity index (χ1n) is 7.30. The highest BCUT2D eigenvalue weighted by atomic mass is 35.5. The summed E-state index contributed by atoms with van der Waals surface area (Å²) in [6, 6.07) is -0.0586. The zero-order chi connectivity index (χ0) is 15.6. The van der Waals surface area contributed by atoms with Gasteiger partial charge >= 0.3 is 0 Å². The maximum Gasteiger partial charge on any atom is 0.261 e. The van der Waals surface area contributed by atoms with Crippen LogP contribution in [0.25, 0.3) is 0 Å². The Balaban J connectivity index is 2.23. The zero-order valence-corrected chi connectivity index (χ0v) is 13.4. The van der Waals surface area contributed by atoms with Gasteiger partial charge in [0.2, 0.25) is 0 Å². The van der Waals surface area contributed by atoms with Gasteiger partial charge in [-0.3, -0.25) is 9.59 Å². The number of carbonyl (C=O) groups is 1. The number of halogens is 1. The van der Waals surface area contributed by atoms with Gasteiger partial charge < -0.3 is 10.3 Å². The molecule has 0 fully saturated rings. The molecule has 0 spiro atoms. The smallest absolute Gasteiger partial charge is 0.261 e. The number of H-pyrrole nitrogens is 1. The van der Waals surface area contributed by atoms with E-state index in [2.05, 4.69) is 16.4 Å². The second kappa shape index (κ2) is 6.48. The topological polar surface area (TPSA) is 62.0 Å². The summed E-state index contributed by atoms with van der Waals surface area (Å²) in [5.74, 6) is -0.366. The molecule has 1 amide bonds. The van der Waals surface area contributed by atoms with Crippen LogP contribution in [-0.4, -0.2) is 16.9 Å². The van der Waals surface area contributed by atoms with Crippen molar-refractivity contribution < 1.29 is 4.79 Å². The maximum absolute atomic E-state index is 12.4. The molecule has 1 aliphatic carbocycles. The predicted molar refractivity (Wildman–Crippen MR) is 85.0 cm³/mol. The minimum Gasteiger partial charge on any atom is -0.346 e. The summed E-state index contributed by atoms with van der Waals surface area (Å²) in [5.41, 5.74) is 2.06. The molecule has 1 heterocycles. The van der Waals surface area contributed by atoms with Gasteiger partial charge in [-0.05, 0) is 52.0 Å². The number of aromatic amines is 1. The largest absolute Gasteiger partial charge is 0.346 e. The van der Waals surface area contributed by atoms with Crippen LogP contribution in [0.5, 0.6) is 0 Å². The number of nitrogens with one attached hydrogen (secondary N) is 2. The molecule has 114 valence electrons. The Kier molecular flexibility index (Phi) is 4.88. The average Bonchev–Trinajstić information content (AvgIpc) is 2.45. The summed E-state index contributed by atoms with van der Waals surface area (Å²) in [7, 11) is 0. The fourth-order valence-electron chi connectivity index (χ4n) is 2.74. The van der Waals surface area contributed by atoms with Gasteiger partial charge in [-0.1, -0.05) is 23.3 Å². The molecule has 2 rings (SSSR count). The van der Waals surface area contributed by atoms with Gasteiger partial charge in [0.15, 0.2) is 0 Å². The van der Waals surface area contributed by atoms with E-state index in [9.17, 15) is 9.59 Å². The first-order valence-corrected chi connectivity index (χ1v) is 7.68. The lowest BCUT2D eigenvalue weighted by molar-refractivity contribution is 0.0942. The number of aromatic nitrogens is 1. The molecule has 21 heavy (non-hydrogen) atoms. The molecule has 0 saturated heterocycles. The quantitative estimate of drug-likeness (QED) is 0.842. The predicted octanol–water partition coefficient (Wildman–Crippen LogP) is 3.26. The summed E-state index contributed by atoms with van der Waals surface area (Å²) in [5, 5.41) is 3.34. The van der Waals surface area contributed by atoms with E-state index < -0.39 is 5.56 Å². The van der Waals surface area contributed by atoms with Crippen LogP contribution in [0.15, 0.2) is 16.4 Å². The fraction of sp³-hybridized carbons (Fsp3) is 0.500. The first kappa shape index (κ1) is 15.8. The lowest BCUT2D eigenvalue weighted by Gasteiger charge is -2.21. The summed E-state index contributed by atoms with van der Waals surface area (Å²) < 4.78 is 0. The summed E-state index contributed by atoms with van der Waals surface area (Å²) in [6.45, 7) is 5.37. The van der Waals surface area contributed by atoms with Crippen molar-refractivity contribution >= 4 is 17.5 Å². The van der Waals surface area contributed by atoms with Crippen LogP contribution < -0.4 is 10.9 Å². The van der Waals surface area contributed by atoms with E-state index in [1.165, 1.54) is 12.0 Å². The summed E-state index contributed by atoms with van der Waals surface area (Å²) >= 11 is 6.12. The van der Waals surface area contributed by atoms with Crippen molar-refractivity contribution in [1.82, 2.24) is 10.3 Å². The number of amides is 1. The van der Waals surface area contributed by atoms with Crippen LogP contribution >= 0.6 is 11.6 Å². The molecular formula is C16H21ClN2O2. The lowest BCUT2D eigenvalue weighted by Crippen LogP contribution is -2.38. The van der Waals surface area contributed by atoms with Crippen LogP contribution in [-0.2, 0) is 0 Å². The van der Waals surface area contributed by atoms with Gasteiger partial charge in [0.25, 0.3) is 11.5 Å². The van der Waals surface area contributed by atoms with Crippen molar-refractivity contribution in [1.29, 1.82) is 0 Å². The molecule has 1 aromatic heterocycles. The third-order valence-corrected chi connectivity index (χ3v) is 4.59. The Morgan fingerprint density at radius 2 is 2.10 bits per heavy atom. The molecule has 0 aromatic carbocycles. The van der Waals surface area contributed by atoms with Crippen molar-refractivity contribution in [3.8, 4) is 0 Å². The number of allylic oxidation sites excluding steroid dienone is 1. The minimum absolute atomic E-state index is 0.0586.